The van der Waals surface area contributed by atoms with Crippen molar-refractivity contribution in [2.24, 2.45) is 5.92 Å². The average molecular weight is 346 g/mol. The molecule has 1 saturated heterocycles. The number of hydrogen-bond acceptors (Lipinski definition) is 3. The number of likely N-dealkylation sites (tertiary alicyclic amines) is 1. The number of rotatable bonds is 3. The van der Waals surface area contributed by atoms with E-state index in [-0.39, 0.29) is 5.56 Å². The summed E-state index contributed by atoms with van der Waals surface area (Å²) in [6, 6.07) is 18.4. The number of furan rings is 1. The Balaban J connectivity index is 1.44. The first-order chi connectivity index (χ1) is 12.8. The highest BCUT2D eigenvalue weighted by molar-refractivity contribution is 5.56. The van der Waals surface area contributed by atoms with Crippen molar-refractivity contribution in [1.29, 1.82) is 0 Å². The molecule has 2 aromatic heterocycles. The highest BCUT2D eigenvalue weighted by atomic mass is 16.3. The normalized spacial score (nSPS) is 22.2. The molecule has 2 atom stereocenters. The largest absolute Gasteiger partial charge is 0.464 e. The monoisotopic (exact) mass is 346 g/mol. The van der Waals surface area contributed by atoms with Crippen LogP contribution in [0, 0.1) is 5.92 Å². The summed E-state index contributed by atoms with van der Waals surface area (Å²) in [7, 11) is 0. The lowest BCUT2D eigenvalue weighted by molar-refractivity contribution is 0.114. The second kappa shape index (κ2) is 6.29. The fourth-order valence-electron chi connectivity index (χ4n) is 4.64. The molecule has 1 fully saturated rings. The lowest BCUT2D eigenvalue weighted by Crippen LogP contribution is -2.46. The predicted molar refractivity (Wildman–Crippen MR) is 101 cm³/mol. The van der Waals surface area contributed by atoms with E-state index in [0.29, 0.717) is 23.2 Å². The van der Waals surface area contributed by atoms with Crippen molar-refractivity contribution in [3.05, 3.63) is 82.5 Å². The summed E-state index contributed by atoms with van der Waals surface area (Å²) in [4.78, 5) is 15.5. The molecule has 0 saturated carbocycles. The molecule has 3 aromatic rings. The van der Waals surface area contributed by atoms with Crippen LogP contribution in [0.5, 0.6) is 0 Å². The zero-order valence-electron chi connectivity index (χ0n) is 14.7. The Kier molecular flexibility index (Phi) is 3.79. The molecule has 5 rings (SSSR count). The van der Waals surface area contributed by atoms with Crippen LogP contribution < -0.4 is 5.56 Å². The number of benzene rings is 1. The van der Waals surface area contributed by atoms with E-state index >= 15 is 0 Å². The molecule has 1 aromatic carbocycles. The maximum absolute atomic E-state index is 13.0. The van der Waals surface area contributed by atoms with Crippen molar-refractivity contribution >= 4 is 0 Å². The third-order valence-corrected chi connectivity index (χ3v) is 5.72. The van der Waals surface area contributed by atoms with Crippen LogP contribution in [0.2, 0.25) is 0 Å². The van der Waals surface area contributed by atoms with Gasteiger partial charge in [0.2, 0.25) is 0 Å². The van der Waals surface area contributed by atoms with E-state index in [0.717, 1.165) is 26.2 Å². The molecule has 0 N–H and O–H groups in total. The van der Waals surface area contributed by atoms with E-state index < -0.39 is 0 Å². The highest BCUT2D eigenvalue weighted by Gasteiger charge is 2.35. The first kappa shape index (κ1) is 15.6. The number of hydrogen-bond donors (Lipinski definition) is 0. The van der Waals surface area contributed by atoms with E-state index in [4.69, 9.17) is 4.42 Å². The van der Waals surface area contributed by atoms with Gasteiger partial charge in [0.05, 0.1) is 11.8 Å². The van der Waals surface area contributed by atoms with Crippen molar-refractivity contribution in [3.63, 3.8) is 0 Å². The summed E-state index contributed by atoms with van der Waals surface area (Å²) >= 11 is 0. The first-order valence-corrected chi connectivity index (χ1v) is 9.32. The molecule has 2 bridgehead atoms. The maximum Gasteiger partial charge on any atom is 0.261 e. The predicted octanol–water partition coefficient (Wildman–Crippen LogP) is 3.73. The van der Waals surface area contributed by atoms with Crippen molar-refractivity contribution in [2.75, 3.05) is 13.1 Å². The molecule has 2 unspecified atom stereocenters. The standard InChI is InChI=1S/C22H22N2O2/c25-22-19(21-7-4-10-26-21)8-9-20-18-11-17(14-24(20)22)13-23(15-18)12-16-5-2-1-3-6-16/h1-10,17-18H,11-15H2. The minimum Gasteiger partial charge on any atom is -0.464 e. The summed E-state index contributed by atoms with van der Waals surface area (Å²) in [6.07, 6.45) is 2.81. The first-order valence-electron chi connectivity index (χ1n) is 9.32. The van der Waals surface area contributed by atoms with Gasteiger partial charge in [-0.05, 0) is 42.2 Å². The number of nitrogens with zero attached hydrogens (tertiary/aromatic N) is 2. The van der Waals surface area contributed by atoms with Crippen LogP contribution in [0.15, 0.2) is 70.1 Å². The SMILES string of the molecule is O=c1c(-c2ccco2)ccc2n1CC1CC2CN(Cc2ccccc2)C1. The second-order valence-electron chi connectivity index (χ2n) is 7.54. The van der Waals surface area contributed by atoms with E-state index in [1.165, 1.54) is 17.7 Å². The van der Waals surface area contributed by atoms with Gasteiger partial charge >= 0.3 is 0 Å². The molecule has 2 aliphatic rings. The van der Waals surface area contributed by atoms with Gasteiger partial charge in [0.15, 0.2) is 0 Å². The molecule has 0 aliphatic carbocycles. The Bertz CT molecular complexity index is 960. The van der Waals surface area contributed by atoms with Crippen LogP contribution >= 0.6 is 0 Å². The van der Waals surface area contributed by atoms with Crippen molar-refractivity contribution < 1.29 is 4.42 Å². The van der Waals surface area contributed by atoms with Crippen LogP contribution in [0.25, 0.3) is 11.3 Å². The topological polar surface area (TPSA) is 38.4 Å². The fourth-order valence-corrected chi connectivity index (χ4v) is 4.64. The van der Waals surface area contributed by atoms with Gasteiger partial charge in [0, 0.05) is 37.8 Å². The lowest BCUT2D eigenvalue weighted by Gasteiger charge is -2.43. The minimum absolute atomic E-state index is 0.0867. The molecule has 0 amide bonds. The summed E-state index contributed by atoms with van der Waals surface area (Å²) < 4.78 is 7.44. The number of fused-ring (bicyclic) bond motifs is 4. The van der Waals surface area contributed by atoms with Gasteiger partial charge < -0.3 is 8.98 Å². The summed E-state index contributed by atoms with van der Waals surface area (Å²) in [5.74, 6) is 1.63. The quantitative estimate of drug-likeness (QED) is 0.725. The van der Waals surface area contributed by atoms with Crippen molar-refractivity contribution in [1.82, 2.24) is 9.47 Å². The third-order valence-electron chi connectivity index (χ3n) is 5.72. The smallest absolute Gasteiger partial charge is 0.261 e. The van der Waals surface area contributed by atoms with Crippen molar-refractivity contribution in [3.8, 4) is 11.3 Å². The molecule has 0 spiro atoms. The van der Waals surface area contributed by atoms with Crippen LogP contribution in [0.1, 0.15) is 23.6 Å². The van der Waals surface area contributed by atoms with Gasteiger partial charge in [0.1, 0.15) is 5.76 Å². The summed E-state index contributed by atoms with van der Waals surface area (Å²) in [6.45, 7) is 3.88. The second-order valence-corrected chi connectivity index (χ2v) is 7.54. The molecule has 4 nitrogen and oxygen atoms in total. The molecule has 2 aliphatic heterocycles. The van der Waals surface area contributed by atoms with Gasteiger partial charge in [-0.3, -0.25) is 9.69 Å². The zero-order valence-corrected chi connectivity index (χ0v) is 14.7. The van der Waals surface area contributed by atoms with Gasteiger partial charge in [-0.15, -0.1) is 0 Å². The molecule has 4 heteroatoms. The Morgan fingerprint density at radius 1 is 0.962 bits per heavy atom. The van der Waals surface area contributed by atoms with Crippen LogP contribution in [0.3, 0.4) is 0 Å². The Hall–Kier alpha value is -2.59. The van der Waals surface area contributed by atoms with Crippen LogP contribution in [0.4, 0.5) is 0 Å². The number of pyridine rings is 1. The summed E-state index contributed by atoms with van der Waals surface area (Å²) in [5, 5.41) is 0. The Labute approximate surface area is 152 Å². The number of piperidine rings is 1. The Morgan fingerprint density at radius 3 is 2.65 bits per heavy atom. The Morgan fingerprint density at radius 2 is 1.85 bits per heavy atom. The minimum atomic E-state index is 0.0867. The molecule has 26 heavy (non-hydrogen) atoms. The lowest BCUT2D eigenvalue weighted by atomic mass is 9.82. The van der Waals surface area contributed by atoms with Crippen molar-refractivity contribution in [2.45, 2.75) is 25.4 Å². The van der Waals surface area contributed by atoms with Gasteiger partial charge in [-0.1, -0.05) is 30.3 Å². The fraction of sp³-hybridized carbons (Fsp3) is 0.318. The third kappa shape index (κ3) is 2.71. The summed E-state index contributed by atoms with van der Waals surface area (Å²) in [5.41, 5.74) is 3.29. The van der Waals surface area contributed by atoms with Gasteiger partial charge in [0.25, 0.3) is 5.56 Å². The molecule has 132 valence electrons. The molecular weight excluding hydrogens is 324 g/mol. The van der Waals surface area contributed by atoms with Crippen LogP contribution in [-0.4, -0.2) is 22.6 Å². The van der Waals surface area contributed by atoms with E-state index in [2.05, 4.69) is 41.3 Å². The average Bonchev–Trinajstić information content (AvgIpc) is 3.18. The molecular formula is C22H22N2O2. The zero-order chi connectivity index (χ0) is 17.5. The van der Waals surface area contributed by atoms with Crippen LogP contribution in [-0.2, 0) is 13.1 Å². The molecule has 4 heterocycles. The van der Waals surface area contributed by atoms with Gasteiger partial charge in [-0.25, -0.2) is 0 Å². The highest BCUT2D eigenvalue weighted by Crippen LogP contribution is 2.36. The number of aromatic nitrogens is 1. The van der Waals surface area contributed by atoms with E-state index in [1.54, 1.807) is 6.26 Å². The maximum atomic E-state index is 13.0. The van der Waals surface area contributed by atoms with E-state index in [9.17, 15) is 4.79 Å². The van der Waals surface area contributed by atoms with Gasteiger partial charge in [-0.2, -0.15) is 0 Å². The van der Waals surface area contributed by atoms with E-state index in [1.807, 2.05) is 22.8 Å². The molecule has 0 radical (unpaired) electrons.